The molecule has 10 amide bonds. The zero-order valence-electron chi connectivity index (χ0n) is 53.4. The number of likely N-dealkylation sites (tertiary alicyclic amines) is 1. The topological polar surface area (TPSA) is 627 Å². The van der Waals surface area contributed by atoms with Crippen molar-refractivity contribution in [3.8, 4) is 0 Å². The van der Waals surface area contributed by atoms with E-state index in [1.165, 1.54) is 18.6 Å². The number of ether oxygens (including phenoxy) is 1. The van der Waals surface area contributed by atoms with Gasteiger partial charge in [-0.1, -0.05) is 12.5 Å². The number of H-pyrrole nitrogens is 1. The van der Waals surface area contributed by atoms with Gasteiger partial charge in [-0.25, -0.2) is 9.78 Å². The van der Waals surface area contributed by atoms with Crippen LogP contribution in [0.4, 0.5) is 13.2 Å². The third-order valence-electron chi connectivity index (χ3n) is 14.8. The number of alkyl halides is 3. The van der Waals surface area contributed by atoms with E-state index in [4.69, 9.17) is 57.0 Å². The zero-order valence-corrected chi connectivity index (χ0v) is 53.4. The molecule has 0 spiro atoms. The highest BCUT2D eigenvalue weighted by molar-refractivity contribution is 6.02. The largest absolute Gasteiger partial charge is 0.490 e. The lowest BCUT2D eigenvalue weighted by atomic mass is 10.0. The Morgan fingerprint density at radius 2 is 1.26 bits per heavy atom. The number of aliphatic hydroxyl groups excluding tert-OH is 1. The lowest BCUT2D eigenvalue weighted by Crippen LogP contribution is -2.64. The molecule has 2 heterocycles. The van der Waals surface area contributed by atoms with Crippen LogP contribution in [0, 0.1) is 5.41 Å². The standard InChI is InChI=1S/C56H100F3N23O13/c57-56(58,59)54(94)95-41(28-66)44(81-52(92)43(40(83)27-65)80-45(85)33(67)12-1-4-18-60)51(91)73-30-42(84)75-37(15-9-22-64)53(93)82-25-11-17-39(82)50(90)79-38(26-32-29-70-31-74-32)49(89)78-35(14-3-6-20-62)47(87)77-36(16-10-24-72-55(68)69)48(88)76-34(13-2-5-19-61)46(86)71-23-8-7-21-63/h16,29,31,33-35,37-41,43-44,83H,1-15,17-28,30,60-67H2,(H,70,74)(H,71,86)(H,73,91)(H,75,84)(H,76,88)(H,77,87)(H,78,89)(H,79,90)(H,80,85)(H,81,92)(H4,68,69,72)/b36-16-/t33?,34-,35-,37+,38?,39-,40?,41-,43-,44-/m0/s1. The van der Waals surface area contributed by atoms with Crippen molar-refractivity contribution in [3.05, 3.63) is 30.0 Å². The first kappa shape index (κ1) is 82.9. The predicted molar refractivity (Wildman–Crippen MR) is 339 cm³/mol. The highest BCUT2D eigenvalue weighted by atomic mass is 19.4. The summed E-state index contributed by atoms with van der Waals surface area (Å²) in [5.74, 6) is -13.0. The first-order valence-corrected chi connectivity index (χ1v) is 31.6. The highest BCUT2D eigenvalue weighted by Gasteiger charge is 2.46. The molecule has 3 unspecified atom stereocenters. The maximum absolute atomic E-state index is 14.6. The molecular weight excluding hydrogens is 1260 g/mol. The quantitative estimate of drug-likeness (QED) is 0.00947. The van der Waals surface area contributed by atoms with E-state index in [0.29, 0.717) is 63.7 Å². The van der Waals surface area contributed by atoms with Gasteiger partial charge in [0.1, 0.15) is 54.1 Å². The maximum atomic E-state index is 14.6. The minimum atomic E-state index is -5.63. The van der Waals surface area contributed by atoms with Crippen LogP contribution in [0.1, 0.15) is 108 Å². The van der Waals surface area contributed by atoms with E-state index < -0.39 is 151 Å². The first-order chi connectivity index (χ1) is 45.2. The van der Waals surface area contributed by atoms with Crippen LogP contribution in [0.5, 0.6) is 0 Å². The van der Waals surface area contributed by atoms with E-state index in [2.05, 4.69) is 62.6 Å². The second-order valence-electron chi connectivity index (χ2n) is 22.3. The van der Waals surface area contributed by atoms with Gasteiger partial charge in [0.25, 0.3) is 5.91 Å². The third-order valence-corrected chi connectivity index (χ3v) is 14.8. The molecule has 1 aliphatic heterocycles. The van der Waals surface area contributed by atoms with E-state index in [1.807, 2.05) is 5.32 Å². The normalized spacial score (nSPS) is 16.0. The number of aromatic nitrogens is 2. The van der Waals surface area contributed by atoms with Crippen molar-refractivity contribution in [1.82, 2.24) is 68.0 Å². The molecule has 39 heteroatoms. The van der Waals surface area contributed by atoms with Gasteiger partial charge in [0.2, 0.25) is 53.2 Å². The van der Waals surface area contributed by atoms with Crippen LogP contribution in [-0.2, 0) is 63.9 Å². The Morgan fingerprint density at radius 3 is 1.84 bits per heavy atom. The Bertz CT molecular complexity index is 2650. The number of nitrogens with one attached hydrogen (secondary N) is 12. The summed E-state index contributed by atoms with van der Waals surface area (Å²) < 4.78 is 44.9. The number of rotatable bonds is 47. The summed E-state index contributed by atoms with van der Waals surface area (Å²) >= 11 is 0. The Hall–Kier alpha value is -8.18. The Kier molecular flexibility index (Phi) is 39.5. The van der Waals surface area contributed by atoms with Gasteiger partial charge >= 0.3 is 12.1 Å². The minimum absolute atomic E-state index is 0.0105. The number of esters is 1. The van der Waals surface area contributed by atoms with Crippen molar-refractivity contribution < 1.29 is 75.8 Å². The van der Waals surface area contributed by atoms with Crippen molar-refractivity contribution in [2.24, 2.45) is 51.6 Å². The molecule has 0 bridgehead atoms. The molecule has 36 nitrogen and oxygen atoms in total. The molecule has 2 rings (SSSR count). The summed E-state index contributed by atoms with van der Waals surface area (Å²) in [5.41, 5.74) is 51.0. The van der Waals surface area contributed by atoms with Crippen LogP contribution >= 0.6 is 0 Å². The van der Waals surface area contributed by atoms with Crippen molar-refractivity contribution in [2.75, 3.05) is 72.0 Å². The predicted octanol–water partition coefficient (Wildman–Crippen LogP) is -8.10. The molecule has 1 saturated heterocycles. The number of guanidine groups is 1. The van der Waals surface area contributed by atoms with Gasteiger partial charge in [0, 0.05) is 51.0 Å². The van der Waals surface area contributed by atoms with Gasteiger partial charge in [-0.3, -0.25) is 53.4 Å². The number of amides is 10. The van der Waals surface area contributed by atoms with E-state index in [9.17, 15) is 71.0 Å². The van der Waals surface area contributed by atoms with Crippen LogP contribution in [0.2, 0.25) is 0 Å². The van der Waals surface area contributed by atoms with Crippen LogP contribution in [0.3, 0.4) is 0 Å². The molecule has 95 heavy (non-hydrogen) atoms. The van der Waals surface area contributed by atoms with Gasteiger partial charge in [0.15, 0.2) is 5.96 Å². The van der Waals surface area contributed by atoms with E-state index >= 15 is 0 Å². The Balaban J connectivity index is 2.47. The van der Waals surface area contributed by atoms with Crippen molar-refractivity contribution in [2.45, 2.75) is 176 Å². The van der Waals surface area contributed by atoms with Gasteiger partial charge in [-0.15, -0.1) is 0 Å². The highest BCUT2D eigenvalue weighted by Crippen LogP contribution is 2.22. The average Bonchev–Trinajstić information content (AvgIpc) is 1.95. The molecule has 538 valence electrons. The van der Waals surface area contributed by atoms with Crippen LogP contribution in [0.25, 0.3) is 0 Å². The summed E-state index contributed by atoms with van der Waals surface area (Å²) in [6.45, 7) is -1.33. The number of nitrogens with zero attached hydrogens (tertiary/aromatic N) is 2. The molecule has 10 atom stereocenters. The second kappa shape index (κ2) is 45.2. The number of hydrogen-bond acceptors (Lipinski definition) is 23. The van der Waals surface area contributed by atoms with E-state index in [1.54, 1.807) is 0 Å². The monoisotopic (exact) mass is 1360 g/mol. The van der Waals surface area contributed by atoms with Gasteiger partial charge in [-0.05, 0) is 129 Å². The molecule has 31 N–H and O–H groups in total. The molecule has 0 radical (unpaired) electrons. The molecule has 0 aliphatic carbocycles. The lowest BCUT2D eigenvalue weighted by molar-refractivity contribution is -0.205. The van der Waals surface area contributed by atoms with Gasteiger partial charge in [0.05, 0.1) is 25.0 Å². The molecule has 1 aromatic heterocycles. The first-order valence-electron chi connectivity index (χ1n) is 31.6. The van der Waals surface area contributed by atoms with Crippen molar-refractivity contribution >= 4 is 71.0 Å². The number of carbonyl (C=O) groups is 11. The SMILES string of the molecule is N=C(N)NCC/C=C(\NC(=O)[C@H](CCCCN)NC(=O)C(Cc1cnc[nH]1)NC(=O)[C@@H]1CCCN1C(=O)[C@@H](CCCN)NC(=O)CNC(=O)[C@@H](NC(=O)[C@@H](NC(=O)C(N)CCCCN)C(O)CN)[C@H](CN)OC(=O)C(F)(F)F)C(=O)N[C@@H](CCCCN)C(=O)NCCCCN. The van der Waals surface area contributed by atoms with Crippen molar-refractivity contribution in [3.63, 3.8) is 0 Å². The molecule has 1 aliphatic rings. The number of aromatic amines is 1. The number of unbranched alkanes of at least 4 members (excludes halogenated alkanes) is 4. The molecule has 1 fully saturated rings. The molecule has 1 aromatic rings. The number of carbonyl (C=O) groups excluding carboxylic acids is 11. The smallest absolute Gasteiger partial charge is 0.452 e. The Morgan fingerprint density at radius 1 is 0.663 bits per heavy atom. The van der Waals surface area contributed by atoms with E-state index in [0.717, 1.165) is 4.90 Å². The molecule has 0 aromatic carbocycles. The van der Waals surface area contributed by atoms with Crippen LogP contribution < -0.4 is 105 Å². The fourth-order valence-electron chi connectivity index (χ4n) is 9.58. The van der Waals surface area contributed by atoms with Gasteiger partial charge < -0.3 is 124 Å². The number of hydrogen-bond donors (Lipinski definition) is 22. The minimum Gasteiger partial charge on any atom is -0.452 e. The maximum Gasteiger partial charge on any atom is 0.490 e. The summed E-state index contributed by atoms with van der Waals surface area (Å²) in [5, 5.41) is 42.9. The number of halogens is 3. The Labute approximate surface area is 548 Å². The summed E-state index contributed by atoms with van der Waals surface area (Å²) in [7, 11) is 0. The number of aliphatic hydroxyl groups is 1. The number of imidazole rings is 1. The fraction of sp³-hybridized carbons (Fsp3) is 0.696. The third kappa shape index (κ3) is 30.8. The van der Waals surface area contributed by atoms with Crippen LogP contribution in [-0.4, -0.2) is 230 Å². The summed E-state index contributed by atoms with van der Waals surface area (Å²) in [6, 6.07) is -12.3. The molecule has 0 saturated carbocycles. The lowest BCUT2D eigenvalue weighted by Gasteiger charge is -2.31. The average molecular weight is 1360 g/mol. The van der Waals surface area contributed by atoms with Crippen molar-refractivity contribution in [1.29, 1.82) is 5.41 Å². The zero-order chi connectivity index (χ0) is 71.0. The second-order valence-corrected chi connectivity index (χ2v) is 22.3. The van der Waals surface area contributed by atoms with Gasteiger partial charge in [-0.2, -0.15) is 13.2 Å². The molecular formula is C56H100F3N23O13. The fourth-order valence-corrected chi connectivity index (χ4v) is 9.58. The summed E-state index contributed by atoms with van der Waals surface area (Å²) in [4.78, 5) is 160. The summed E-state index contributed by atoms with van der Waals surface area (Å²) in [6.07, 6.45) is -1.77. The number of nitrogens with two attached hydrogens (primary N) is 9. The van der Waals surface area contributed by atoms with E-state index in [-0.39, 0.29) is 115 Å². The van der Waals surface area contributed by atoms with Crippen LogP contribution in [0.15, 0.2) is 24.3 Å².